The summed E-state index contributed by atoms with van der Waals surface area (Å²) in [7, 11) is 0. The van der Waals surface area contributed by atoms with Crippen LogP contribution in [0, 0.1) is 23.7 Å². The predicted octanol–water partition coefficient (Wildman–Crippen LogP) is 2.10. The number of rotatable bonds is 3. The van der Waals surface area contributed by atoms with E-state index in [-0.39, 0.29) is 17.8 Å². The van der Waals surface area contributed by atoms with E-state index in [0.717, 1.165) is 51.4 Å². The van der Waals surface area contributed by atoms with Crippen LogP contribution in [0.3, 0.4) is 0 Å². The third kappa shape index (κ3) is 3.47. The van der Waals surface area contributed by atoms with Crippen LogP contribution in [-0.4, -0.2) is 17.0 Å². The van der Waals surface area contributed by atoms with Crippen LogP contribution in [0.4, 0.5) is 0 Å². The Morgan fingerprint density at radius 3 is 2.21 bits per heavy atom. The zero-order chi connectivity index (χ0) is 13.8. The van der Waals surface area contributed by atoms with Crippen molar-refractivity contribution in [2.24, 2.45) is 29.6 Å². The predicted molar refractivity (Wildman–Crippen MR) is 68.8 cm³/mol. The van der Waals surface area contributed by atoms with Gasteiger partial charge in [-0.05, 0) is 50.4 Å². The Hall–Kier alpha value is -1.10. The van der Waals surface area contributed by atoms with Crippen molar-refractivity contribution in [1.29, 1.82) is 0 Å². The summed E-state index contributed by atoms with van der Waals surface area (Å²) >= 11 is 0. The van der Waals surface area contributed by atoms with Crippen LogP contribution >= 0.6 is 0 Å². The molecule has 5 nitrogen and oxygen atoms in total. The number of hydrogen-bond donors (Lipinski definition) is 2. The first kappa shape index (κ1) is 14.3. The smallest absolute Gasteiger partial charge is 0.327 e. The average molecular weight is 269 g/mol. The molecule has 0 spiro atoms. The lowest BCUT2D eigenvalue weighted by atomic mass is 9.68. The average Bonchev–Trinajstić information content (AvgIpc) is 2.46. The molecule has 2 unspecified atom stereocenters. The number of nitrogens with two attached hydrogens (primary N) is 1. The standard InChI is InChI=1S/C14H23NO4/c15-19-14(18)12-3-1-2-11(8-12)9-4-6-10(7-5-9)13(16)17/h9-12H,1-8,15H2,(H,16,17). The lowest BCUT2D eigenvalue weighted by Crippen LogP contribution is -2.32. The van der Waals surface area contributed by atoms with Crippen LogP contribution in [0.5, 0.6) is 0 Å². The summed E-state index contributed by atoms with van der Waals surface area (Å²) in [5, 5.41) is 9.01. The summed E-state index contributed by atoms with van der Waals surface area (Å²) < 4.78 is 0. The molecular formula is C14H23NO4. The zero-order valence-corrected chi connectivity index (χ0v) is 11.2. The molecule has 0 aliphatic heterocycles. The van der Waals surface area contributed by atoms with Gasteiger partial charge in [-0.1, -0.05) is 12.8 Å². The maximum atomic E-state index is 11.5. The molecule has 19 heavy (non-hydrogen) atoms. The molecule has 2 rings (SSSR count). The molecule has 2 fully saturated rings. The summed E-state index contributed by atoms with van der Waals surface area (Å²) in [5.74, 6) is 4.91. The number of aliphatic carboxylic acids is 1. The van der Waals surface area contributed by atoms with Gasteiger partial charge in [0.15, 0.2) is 0 Å². The number of carboxylic acid groups (broad SMARTS) is 1. The maximum Gasteiger partial charge on any atom is 0.327 e. The van der Waals surface area contributed by atoms with Crippen LogP contribution in [0.15, 0.2) is 0 Å². The summed E-state index contributed by atoms with van der Waals surface area (Å²) in [6.07, 6.45) is 7.44. The largest absolute Gasteiger partial charge is 0.481 e. The van der Waals surface area contributed by atoms with Crippen molar-refractivity contribution >= 4 is 11.9 Å². The lowest BCUT2D eigenvalue weighted by molar-refractivity contribution is -0.151. The monoisotopic (exact) mass is 269 g/mol. The fourth-order valence-electron chi connectivity index (χ4n) is 3.80. The van der Waals surface area contributed by atoms with Crippen molar-refractivity contribution in [3.63, 3.8) is 0 Å². The van der Waals surface area contributed by atoms with E-state index < -0.39 is 5.97 Å². The molecule has 0 aromatic heterocycles. The van der Waals surface area contributed by atoms with Gasteiger partial charge in [-0.2, -0.15) is 5.90 Å². The van der Waals surface area contributed by atoms with Gasteiger partial charge in [-0.25, -0.2) is 0 Å². The number of carboxylic acids is 1. The highest BCUT2D eigenvalue weighted by molar-refractivity contribution is 5.72. The Morgan fingerprint density at radius 1 is 0.947 bits per heavy atom. The minimum absolute atomic E-state index is 0.0547. The highest BCUT2D eigenvalue weighted by Crippen LogP contribution is 2.41. The lowest BCUT2D eigenvalue weighted by Gasteiger charge is -2.36. The Morgan fingerprint density at radius 2 is 1.63 bits per heavy atom. The molecule has 2 atom stereocenters. The second kappa shape index (κ2) is 6.37. The highest BCUT2D eigenvalue weighted by atomic mass is 16.7. The molecule has 2 aliphatic carbocycles. The SMILES string of the molecule is NOC(=O)C1CCCC(C2CCC(C(=O)O)CC2)C1. The highest BCUT2D eigenvalue weighted by Gasteiger charge is 2.35. The molecular weight excluding hydrogens is 246 g/mol. The molecule has 5 heteroatoms. The van der Waals surface area contributed by atoms with Gasteiger partial charge >= 0.3 is 11.9 Å². The third-order valence-electron chi connectivity index (χ3n) is 4.95. The van der Waals surface area contributed by atoms with E-state index in [1.807, 2.05) is 0 Å². The van der Waals surface area contributed by atoms with Crippen LogP contribution in [0.1, 0.15) is 51.4 Å². The maximum absolute atomic E-state index is 11.5. The zero-order valence-electron chi connectivity index (χ0n) is 11.2. The molecule has 108 valence electrons. The van der Waals surface area contributed by atoms with E-state index in [0.29, 0.717) is 11.8 Å². The molecule has 0 amide bonds. The van der Waals surface area contributed by atoms with Crippen LogP contribution in [0.2, 0.25) is 0 Å². The van der Waals surface area contributed by atoms with Gasteiger partial charge in [0, 0.05) is 0 Å². The van der Waals surface area contributed by atoms with Crippen LogP contribution < -0.4 is 5.90 Å². The molecule has 0 aromatic carbocycles. The fraction of sp³-hybridized carbons (Fsp3) is 0.857. The van der Waals surface area contributed by atoms with Crippen molar-refractivity contribution in [2.45, 2.75) is 51.4 Å². The normalized spacial score (nSPS) is 35.6. The minimum Gasteiger partial charge on any atom is -0.481 e. The van der Waals surface area contributed by atoms with Crippen molar-refractivity contribution in [1.82, 2.24) is 0 Å². The topological polar surface area (TPSA) is 89.6 Å². The molecule has 0 bridgehead atoms. The van der Waals surface area contributed by atoms with Gasteiger partial charge in [0.25, 0.3) is 0 Å². The van der Waals surface area contributed by atoms with Gasteiger partial charge in [0.2, 0.25) is 0 Å². The Balaban J connectivity index is 1.85. The second-order valence-corrected chi connectivity index (χ2v) is 6.01. The molecule has 0 aromatic rings. The second-order valence-electron chi connectivity index (χ2n) is 6.01. The summed E-state index contributed by atoms with van der Waals surface area (Å²) in [6.45, 7) is 0. The van der Waals surface area contributed by atoms with Crippen molar-refractivity contribution in [3.8, 4) is 0 Å². The van der Waals surface area contributed by atoms with Crippen LogP contribution in [-0.2, 0) is 14.4 Å². The number of carbonyl (C=O) groups is 2. The summed E-state index contributed by atoms with van der Waals surface area (Å²) in [5.41, 5.74) is 0. The van der Waals surface area contributed by atoms with E-state index in [4.69, 9.17) is 11.0 Å². The quantitative estimate of drug-likeness (QED) is 0.766. The Kier molecular flexibility index (Phi) is 4.80. The molecule has 2 aliphatic rings. The number of carbonyl (C=O) groups excluding carboxylic acids is 1. The fourth-order valence-corrected chi connectivity index (χ4v) is 3.80. The first-order chi connectivity index (χ1) is 9.11. The molecule has 2 saturated carbocycles. The van der Waals surface area contributed by atoms with Crippen molar-refractivity contribution < 1.29 is 19.5 Å². The van der Waals surface area contributed by atoms with Crippen LogP contribution in [0.25, 0.3) is 0 Å². The van der Waals surface area contributed by atoms with E-state index in [9.17, 15) is 9.59 Å². The van der Waals surface area contributed by atoms with Gasteiger partial charge in [-0.15, -0.1) is 0 Å². The van der Waals surface area contributed by atoms with Crippen molar-refractivity contribution in [2.75, 3.05) is 0 Å². The van der Waals surface area contributed by atoms with Gasteiger partial charge in [0.1, 0.15) is 0 Å². The van der Waals surface area contributed by atoms with Gasteiger partial charge < -0.3 is 9.94 Å². The Labute approximate surface area is 113 Å². The summed E-state index contributed by atoms with van der Waals surface area (Å²) in [6, 6.07) is 0. The van der Waals surface area contributed by atoms with E-state index >= 15 is 0 Å². The first-order valence-electron chi connectivity index (χ1n) is 7.25. The van der Waals surface area contributed by atoms with E-state index in [1.54, 1.807) is 0 Å². The molecule has 0 saturated heterocycles. The van der Waals surface area contributed by atoms with E-state index in [1.165, 1.54) is 0 Å². The minimum atomic E-state index is -0.660. The number of hydrogen-bond acceptors (Lipinski definition) is 4. The van der Waals surface area contributed by atoms with Crippen molar-refractivity contribution in [3.05, 3.63) is 0 Å². The van der Waals surface area contributed by atoms with Gasteiger partial charge in [-0.3, -0.25) is 9.59 Å². The molecule has 0 radical (unpaired) electrons. The Bertz CT molecular complexity index is 336. The molecule has 3 N–H and O–H groups in total. The third-order valence-corrected chi connectivity index (χ3v) is 4.95. The summed E-state index contributed by atoms with van der Waals surface area (Å²) in [4.78, 5) is 26.8. The molecule has 0 heterocycles. The van der Waals surface area contributed by atoms with Gasteiger partial charge in [0.05, 0.1) is 11.8 Å². The first-order valence-corrected chi connectivity index (χ1v) is 7.25. The van der Waals surface area contributed by atoms with E-state index in [2.05, 4.69) is 4.84 Å².